The zero-order chi connectivity index (χ0) is 25.5. The van der Waals surface area contributed by atoms with E-state index in [1.165, 1.54) is 10.9 Å². The molecule has 0 bridgehead atoms. The molecule has 3 aromatic rings. The normalized spacial score (nSPS) is 11.0. The van der Waals surface area contributed by atoms with Crippen molar-refractivity contribution in [2.24, 2.45) is 5.73 Å². The van der Waals surface area contributed by atoms with Crippen LogP contribution in [0.15, 0.2) is 59.4 Å². The van der Waals surface area contributed by atoms with Crippen LogP contribution in [0, 0.1) is 0 Å². The molecule has 0 aliphatic heterocycles. The molecular formula is C20H21F5N6O3. The number of carbonyl (C=O) groups is 1. The first kappa shape index (κ1) is 26.4. The van der Waals surface area contributed by atoms with Crippen LogP contribution in [-0.2, 0) is 24.4 Å². The molecule has 0 saturated carbocycles. The third-order valence-electron chi connectivity index (χ3n) is 4.52. The number of nitrogens with zero attached hydrogens (tertiary/aromatic N) is 5. The Hall–Kier alpha value is -3.81. The van der Waals surface area contributed by atoms with Crippen molar-refractivity contribution in [3.05, 3.63) is 70.7 Å². The van der Waals surface area contributed by atoms with Gasteiger partial charge in [-0.15, -0.1) is 0 Å². The van der Waals surface area contributed by atoms with Gasteiger partial charge in [-0.05, 0) is 18.1 Å². The van der Waals surface area contributed by atoms with Crippen molar-refractivity contribution in [1.82, 2.24) is 24.1 Å². The van der Waals surface area contributed by atoms with Gasteiger partial charge in [-0.1, -0.05) is 24.3 Å². The van der Waals surface area contributed by atoms with Crippen LogP contribution in [0.25, 0.3) is 11.1 Å². The van der Waals surface area contributed by atoms with E-state index in [9.17, 15) is 26.7 Å². The Morgan fingerprint density at radius 3 is 2.35 bits per heavy atom. The Balaban J connectivity index is 0.000000509. The van der Waals surface area contributed by atoms with Gasteiger partial charge in [0.1, 0.15) is 6.33 Å². The molecule has 9 nitrogen and oxygen atoms in total. The van der Waals surface area contributed by atoms with E-state index >= 15 is 0 Å². The Labute approximate surface area is 189 Å². The summed E-state index contributed by atoms with van der Waals surface area (Å²) in [6.45, 7) is 2.38. The molecule has 3 rings (SSSR count). The van der Waals surface area contributed by atoms with E-state index < -0.39 is 23.9 Å². The van der Waals surface area contributed by atoms with Gasteiger partial charge in [-0.25, -0.2) is 14.3 Å². The summed E-state index contributed by atoms with van der Waals surface area (Å²) < 4.78 is 61.5. The van der Waals surface area contributed by atoms with Crippen molar-refractivity contribution < 1.29 is 31.9 Å². The first-order chi connectivity index (χ1) is 16.0. The summed E-state index contributed by atoms with van der Waals surface area (Å²) in [6.07, 6.45) is -1.90. The highest BCUT2D eigenvalue weighted by molar-refractivity contribution is 5.73. The van der Waals surface area contributed by atoms with Gasteiger partial charge in [0.25, 0.3) is 6.08 Å². The lowest BCUT2D eigenvalue weighted by molar-refractivity contribution is -0.192. The fourth-order valence-corrected chi connectivity index (χ4v) is 2.77. The van der Waals surface area contributed by atoms with E-state index in [-0.39, 0.29) is 25.2 Å². The van der Waals surface area contributed by atoms with Gasteiger partial charge in [0, 0.05) is 30.4 Å². The highest BCUT2D eigenvalue weighted by atomic mass is 19.4. The van der Waals surface area contributed by atoms with E-state index in [0.29, 0.717) is 0 Å². The molecule has 0 radical (unpaired) electrons. The van der Waals surface area contributed by atoms with E-state index in [4.69, 9.17) is 15.6 Å². The first-order valence-electron chi connectivity index (χ1n) is 9.74. The van der Waals surface area contributed by atoms with Gasteiger partial charge in [0.2, 0.25) is 0 Å². The molecule has 2 aromatic heterocycles. The van der Waals surface area contributed by atoms with E-state index in [2.05, 4.69) is 10.2 Å². The second-order valence-corrected chi connectivity index (χ2v) is 6.81. The molecule has 3 N–H and O–H groups in total. The van der Waals surface area contributed by atoms with E-state index in [1.807, 2.05) is 42.1 Å². The maximum absolute atomic E-state index is 12.8. The van der Waals surface area contributed by atoms with Gasteiger partial charge in [-0.3, -0.25) is 9.25 Å². The molecule has 184 valence electrons. The predicted molar refractivity (Wildman–Crippen MR) is 111 cm³/mol. The summed E-state index contributed by atoms with van der Waals surface area (Å²) in [5.74, 6) is -2.76. The maximum Gasteiger partial charge on any atom is 0.490 e. The van der Waals surface area contributed by atoms with E-state index in [0.717, 1.165) is 27.9 Å². The minimum atomic E-state index is -5.08. The van der Waals surface area contributed by atoms with Gasteiger partial charge in [0.05, 0.1) is 19.3 Å². The number of aryl methyl sites for hydroxylation is 1. The van der Waals surface area contributed by atoms with E-state index in [1.54, 1.807) is 6.20 Å². The van der Waals surface area contributed by atoms with Crippen molar-refractivity contribution >= 4 is 5.97 Å². The third-order valence-corrected chi connectivity index (χ3v) is 4.52. The number of alkyl halides is 3. The van der Waals surface area contributed by atoms with Crippen LogP contribution in [0.2, 0.25) is 0 Å². The van der Waals surface area contributed by atoms with Crippen molar-refractivity contribution in [2.75, 3.05) is 6.54 Å². The Morgan fingerprint density at radius 2 is 1.82 bits per heavy atom. The summed E-state index contributed by atoms with van der Waals surface area (Å²) >= 11 is 0. The number of aliphatic carboxylic acids is 1. The van der Waals surface area contributed by atoms with Gasteiger partial charge in [-0.2, -0.15) is 32.1 Å². The van der Waals surface area contributed by atoms with Crippen molar-refractivity contribution in [2.45, 2.75) is 32.7 Å². The fourth-order valence-electron chi connectivity index (χ4n) is 2.77. The summed E-state index contributed by atoms with van der Waals surface area (Å²) in [7, 11) is 0. The minimum absolute atomic E-state index is 0.270. The fraction of sp³-hybridized carbons (Fsp3) is 0.300. The molecule has 0 aliphatic carbocycles. The quantitative estimate of drug-likeness (QED) is 0.494. The highest BCUT2D eigenvalue weighted by Crippen LogP contribution is 2.23. The van der Waals surface area contributed by atoms with Gasteiger partial charge < -0.3 is 10.8 Å². The summed E-state index contributed by atoms with van der Waals surface area (Å²) in [4.78, 5) is 21.4. The van der Waals surface area contributed by atoms with Crippen LogP contribution in [0.1, 0.15) is 12.5 Å². The predicted octanol–water partition coefficient (Wildman–Crippen LogP) is 2.72. The lowest BCUT2D eigenvalue weighted by Gasteiger charge is -2.08. The van der Waals surface area contributed by atoms with Crippen LogP contribution < -0.4 is 11.4 Å². The number of hydrogen-bond acceptors (Lipinski definition) is 5. The molecule has 0 aliphatic rings. The average molecular weight is 488 g/mol. The van der Waals surface area contributed by atoms with Crippen LogP contribution >= 0.6 is 0 Å². The van der Waals surface area contributed by atoms with Crippen LogP contribution in [-0.4, -0.2) is 47.9 Å². The minimum Gasteiger partial charge on any atom is -0.475 e. The lowest BCUT2D eigenvalue weighted by Crippen LogP contribution is -2.27. The number of nitrogens with two attached hydrogens (primary N) is 1. The van der Waals surface area contributed by atoms with Crippen LogP contribution in [0.4, 0.5) is 22.0 Å². The lowest BCUT2D eigenvalue weighted by atomic mass is 10.0. The summed E-state index contributed by atoms with van der Waals surface area (Å²) in [5.41, 5.74) is 7.32. The molecule has 1 aromatic carbocycles. The summed E-state index contributed by atoms with van der Waals surface area (Å²) in [5, 5.41) is 15.3. The third kappa shape index (κ3) is 6.84. The smallest absolute Gasteiger partial charge is 0.475 e. The molecule has 0 amide bonds. The molecule has 0 saturated heterocycles. The number of halogens is 5. The zero-order valence-electron chi connectivity index (χ0n) is 17.8. The zero-order valence-corrected chi connectivity index (χ0v) is 17.8. The number of rotatable bonds is 7. The summed E-state index contributed by atoms with van der Waals surface area (Å²) in [6, 6.07) is 7.66. The first-order valence-corrected chi connectivity index (χ1v) is 9.74. The molecule has 2 heterocycles. The molecule has 0 spiro atoms. The molecule has 0 fully saturated rings. The molecule has 0 unspecified atom stereocenters. The number of benzene rings is 1. The maximum atomic E-state index is 12.8. The van der Waals surface area contributed by atoms with Crippen LogP contribution in [0.5, 0.6) is 0 Å². The highest BCUT2D eigenvalue weighted by Gasteiger charge is 2.38. The largest absolute Gasteiger partial charge is 0.490 e. The van der Waals surface area contributed by atoms with Crippen LogP contribution in [0.3, 0.4) is 0 Å². The Kier molecular flexibility index (Phi) is 8.83. The second-order valence-electron chi connectivity index (χ2n) is 6.81. The second kappa shape index (κ2) is 11.4. The number of hydrogen-bond donors (Lipinski definition) is 2. The number of carboxylic acid groups (broad SMARTS) is 1. The number of aromatic nitrogens is 5. The monoisotopic (exact) mass is 488 g/mol. The van der Waals surface area contributed by atoms with Gasteiger partial charge >= 0.3 is 17.8 Å². The Morgan fingerprint density at radius 1 is 1.18 bits per heavy atom. The SMILES string of the molecule is CCn1cc(-c2ccccc2Cn2cnn(CC(CN)=C(F)F)c2=O)cn1.O=C(O)C(F)(F)F. The number of carboxylic acids is 1. The molecule has 14 heteroatoms. The van der Waals surface area contributed by atoms with Crippen molar-refractivity contribution in [3.8, 4) is 11.1 Å². The standard InChI is InChI=1S/C18H20F2N6O.C2HF3O2/c1-2-25-10-15(8-22-25)16-6-4-3-5-13(16)9-24-12-23-26(18(24)27)11-14(7-21)17(19)20;3-2(4,5)1(6)7/h3-6,8,10,12H,2,7,9,11,21H2,1H3;(H,6,7). The average Bonchev–Trinajstić information content (AvgIpc) is 3.39. The molecule has 34 heavy (non-hydrogen) atoms. The molecular weight excluding hydrogens is 467 g/mol. The van der Waals surface area contributed by atoms with Crippen molar-refractivity contribution in [1.29, 1.82) is 0 Å². The Bertz CT molecular complexity index is 1210. The molecule has 0 atom stereocenters. The van der Waals surface area contributed by atoms with Gasteiger partial charge in [0.15, 0.2) is 0 Å². The van der Waals surface area contributed by atoms with Crippen molar-refractivity contribution in [3.63, 3.8) is 0 Å². The topological polar surface area (TPSA) is 121 Å².